The molecule has 0 bridgehead atoms. The van der Waals surface area contributed by atoms with Crippen molar-refractivity contribution in [3.8, 4) is 0 Å². The highest BCUT2D eigenvalue weighted by Crippen LogP contribution is 2.52. The molecule has 2 amide bonds. The minimum Gasteiger partial charge on any atom is -0.444 e. The van der Waals surface area contributed by atoms with Crippen LogP contribution in [-0.4, -0.2) is 46.3 Å². The van der Waals surface area contributed by atoms with Gasteiger partial charge >= 0.3 is 6.09 Å². The summed E-state index contributed by atoms with van der Waals surface area (Å²) in [5, 5.41) is 14.1. The van der Waals surface area contributed by atoms with Gasteiger partial charge in [0, 0.05) is 11.4 Å². The Labute approximate surface area is 215 Å². The van der Waals surface area contributed by atoms with Crippen molar-refractivity contribution in [2.45, 2.75) is 77.2 Å². The van der Waals surface area contributed by atoms with Crippen molar-refractivity contribution in [2.75, 3.05) is 6.54 Å². The summed E-state index contributed by atoms with van der Waals surface area (Å²) in [6.07, 6.45) is 0.0229. The largest absolute Gasteiger partial charge is 0.444 e. The van der Waals surface area contributed by atoms with Crippen LogP contribution in [0.1, 0.15) is 57.2 Å². The van der Waals surface area contributed by atoms with Crippen molar-refractivity contribution in [1.82, 2.24) is 10.2 Å². The van der Waals surface area contributed by atoms with Gasteiger partial charge in [0.1, 0.15) is 11.4 Å². The summed E-state index contributed by atoms with van der Waals surface area (Å²) < 4.78 is 20.6. The van der Waals surface area contributed by atoms with Crippen molar-refractivity contribution >= 4 is 27.9 Å². The Hall–Kier alpha value is -2.45. The molecule has 0 radical (unpaired) electrons. The smallest absolute Gasteiger partial charge is 0.411 e. The van der Waals surface area contributed by atoms with Gasteiger partial charge in [0.05, 0.1) is 24.2 Å². The molecule has 190 valence electrons. The lowest BCUT2D eigenvalue weighted by atomic mass is 9.97. The summed E-state index contributed by atoms with van der Waals surface area (Å²) in [4.78, 5) is 26.9. The Morgan fingerprint density at radius 1 is 1.23 bits per heavy atom. The lowest BCUT2D eigenvalue weighted by molar-refractivity contribution is -0.120. The summed E-state index contributed by atoms with van der Waals surface area (Å²) in [5.74, 6) is -0.697. The van der Waals surface area contributed by atoms with Gasteiger partial charge in [-0.25, -0.2) is 9.18 Å². The molecule has 1 fully saturated rings. The van der Waals surface area contributed by atoms with E-state index in [1.165, 1.54) is 19.1 Å². The molecule has 1 saturated carbocycles. The Morgan fingerprint density at radius 3 is 2.46 bits per heavy atom. The van der Waals surface area contributed by atoms with E-state index in [1.807, 2.05) is 30.3 Å². The van der Waals surface area contributed by atoms with Gasteiger partial charge in [-0.15, -0.1) is 0 Å². The van der Waals surface area contributed by atoms with Gasteiger partial charge in [-0.1, -0.05) is 34.1 Å². The third kappa shape index (κ3) is 7.27. The quantitative estimate of drug-likeness (QED) is 0.473. The molecule has 8 heteroatoms. The van der Waals surface area contributed by atoms with Crippen LogP contribution in [0.15, 0.2) is 46.9 Å². The topological polar surface area (TPSA) is 78.9 Å². The summed E-state index contributed by atoms with van der Waals surface area (Å²) in [5.41, 5.74) is 1.02. The Balaban J connectivity index is 1.91. The number of ether oxygens (including phenoxy) is 1. The number of aliphatic hydroxyl groups is 1. The van der Waals surface area contributed by atoms with Crippen molar-refractivity contribution in [3.05, 3.63) is 69.4 Å². The monoisotopic (exact) mass is 548 g/mol. The number of hydrogen-bond acceptors (Lipinski definition) is 4. The maximum absolute atomic E-state index is 14.0. The van der Waals surface area contributed by atoms with Crippen molar-refractivity contribution < 1.29 is 23.8 Å². The minimum absolute atomic E-state index is 0.0549. The molecule has 0 spiro atoms. The zero-order valence-corrected chi connectivity index (χ0v) is 22.5. The average Bonchev–Trinajstić information content (AvgIpc) is 3.50. The summed E-state index contributed by atoms with van der Waals surface area (Å²) in [6, 6.07) is 11.7. The minimum atomic E-state index is -1.11. The zero-order valence-electron chi connectivity index (χ0n) is 20.9. The number of carbonyl (C=O) groups is 2. The molecule has 6 nitrogen and oxygen atoms in total. The number of carbonyl (C=O) groups excluding carboxylic acids is 2. The zero-order chi connectivity index (χ0) is 26.0. The highest BCUT2D eigenvalue weighted by molar-refractivity contribution is 9.10. The number of halogens is 2. The SMILES string of the molecule is CC(=O)N[C@@H](Cc1cc(C)cc(F)c1)[C@H](O)CN(C(=O)OC(C)(C)C)C1(c2cccc(Br)c2)CC1. The van der Waals surface area contributed by atoms with E-state index in [2.05, 4.69) is 21.2 Å². The van der Waals surface area contributed by atoms with Crippen LogP contribution in [0.3, 0.4) is 0 Å². The van der Waals surface area contributed by atoms with E-state index >= 15 is 0 Å². The van der Waals surface area contributed by atoms with Gasteiger partial charge in [0.15, 0.2) is 0 Å². The number of rotatable bonds is 8. The molecule has 2 atom stereocenters. The fourth-order valence-electron chi connectivity index (χ4n) is 4.39. The lowest BCUT2D eigenvalue weighted by Crippen LogP contribution is -2.53. The molecule has 2 aromatic rings. The van der Waals surface area contributed by atoms with E-state index < -0.39 is 29.4 Å². The van der Waals surface area contributed by atoms with Crippen LogP contribution < -0.4 is 5.32 Å². The van der Waals surface area contributed by atoms with Gasteiger partial charge in [-0.2, -0.15) is 0 Å². The van der Waals surface area contributed by atoms with Crippen molar-refractivity contribution in [1.29, 1.82) is 0 Å². The van der Waals surface area contributed by atoms with Crippen LogP contribution >= 0.6 is 15.9 Å². The number of hydrogen-bond donors (Lipinski definition) is 2. The number of amides is 2. The molecule has 0 aliphatic heterocycles. The Morgan fingerprint density at radius 2 is 1.91 bits per heavy atom. The third-order valence-electron chi connectivity index (χ3n) is 6.00. The molecule has 2 aromatic carbocycles. The van der Waals surface area contributed by atoms with Crippen molar-refractivity contribution in [2.24, 2.45) is 0 Å². The first-order valence-corrected chi connectivity index (χ1v) is 12.6. The number of nitrogens with one attached hydrogen (secondary N) is 1. The molecule has 0 heterocycles. The van der Waals surface area contributed by atoms with Gasteiger partial charge in [0.2, 0.25) is 5.91 Å². The van der Waals surface area contributed by atoms with Crippen LogP contribution in [0.5, 0.6) is 0 Å². The normalized spacial score (nSPS) is 16.2. The van der Waals surface area contributed by atoms with E-state index in [1.54, 1.807) is 32.6 Å². The van der Waals surface area contributed by atoms with E-state index in [0.29, 0.717) is 5.56 Å². The highest BCUT2D eigenvalue weighted by Gasteiger charge is 2.53. The number of aliphatic hydroxyl groups excluding tert-OH is 1. The number of nitrogens with zero attached hydrogens (tertiary/aromatic N) is 1. The second kappa shape index (κ2) is 10.7. The molecule has 2 N–H and O–H groups in total. The fraction of sp³-hybridized carbons (Fsp3) is 0.481. The molecule has 0 saturated heterocycles. The van der Waals surface area contributed by atoms with Gasteiger partial charge in [-0.05, 0) is 87.9 Å². The Kier molecular flexibility index (Phi) is 8.27. The molecule has 0 aromatic heterocycles. The summed E-state index contributed by atoms with van der Waals surface area (Å²) >= 11 is 3.51. The summed E-state index contributed by atoms with van der Waals surface area (Å²) in [7, 11) is 0. The van der Waals surface area contributed by atoms with Gasteiger partial charge in [-0.3, -0.25) is 9.69 Å². The molecular weight excluding hydrogens is 515 g/mol. The van der Waals surface area contributed by atoms with Crippen LogP contribution in [0, 0.1) is 12.7 Å². The standard InChI is InChI=1S/C27H34BrFN2O4/c1-17-11-19(13-22(29)12-17)14-23(30-18(2)32)24(33)16-31(25(34)35-26(3,4)5)27(9-10-27)20-7-6-8-21(28)15-20/h6-8,11-13,15,23-24,33H,9-10,14,16H2,1-5H3,(H,30,32)/t23-,24+/m0/s1. The van der Waals surface area contributed by atoms with Gasteiger partial charge in [0.25, 0.3) is 0 Å². The van der Waals surface area contributed by atoms with E-state index in [4.69, 9.17) is 4.74 Å². The number of benzene rings is 2. The molecule has 35 heavy (non-hydrogen) atoms. The van der Waals surface area contributed by atoms with Crippen LogP contribution in [0.2, 0.25) is 0 Å². The second-order valence-corrected chi connectivity index (χ2v) is 11.3. The lowest BCUT2D eigenvalue weighted by Gasteiger charge is -2.37. The van der Waals surface area contributed by atoms with Crippen LogP contribution in [0.4, 0.5) is 9.18 Å². The maximum Gasteiger partial charge on any atom is 0.411 e. The van der Waals surface area contributed by atoms with E-state index in [-0.39, 0.29) is 24.7 Å². The van der Waals surface area contributed by atoms with Gasteiger partial charge < -0.3 is 15.2 Å². The molecule has 3 rings (SSSR count). The second-order valence-electron chi connectivity index (χ2n) is 10.3. The fourth-order valence-corrected chi connectivity index (χ4v) is 4.79. The molecule has 1 aliphatic carbocycles. The predicted octanol–water partition coefficient (Wildman–Crippen LogP) is 5.23. The molecular formula is C27H34BrFN2O4. The first kappa shape index (κ1) is 27.1. The van der Waals surface area contributed by atoms with Crippen LogP contribution in [0.25, 0.3) is 0 Å². The maximum atomic E-state index is 14.0. The van der Waals surface area contributed by atoms with Crippen LogP contribution in [-0.2, 0) is 21.5 Å². The molecule has 1 aliphatic rings. The van der Waals surface area contributed by atoms with Crippen molar-refractivity contribution in [3.63, 3.8) is 0 Å². The third-order valence-corrected chi connectivity index (χ3v) is 6.49. The molecule has 0 unspecified atom stereocenters. The summed E-state index contributed by atoms with van der Waals surface area (Å²) in [6.45, 7) is 8.49. The first-order chi connectivity index (χ1) is 16.3. The van der Waals surface area contributed by atoms with E-state index in [9.17, 15) is 19.1 Å². The Bertz CT molecular complexity index is 1060. The first-order valence-electron chi connectivity index (χ1n) is 11.8. The predicted molar refractivity (Wildman–Crippen MR) is 136 cm³/mol. The number of aryl methyl sites for hydroxylation is 1. The highest BCUT2D eigenvalue weighted by atomic mass is 79.9. The average molecular weight is 549 g/mol. The van der Waals surface area contributed by atoms with E-state index in [0.717, 1.165) is 28.4 Å².